The van der Waals surface area contributed by atoms with Gasteiger partial charge in [0.15, 0.2) is 0 Å². The Morgan fingerprint density at radius 1 is 1.27 bits per heavy atom. The van der Waals surface area contributed by atoms with Gasteiger partial charge in [-0.3, -0.25) is 4.79 Å². The highest BCUT2D eigenvalue weighted by Crippen LogP contribution is 2.25. The van der Waals surface area contributed by atoms with Crippen molar-refractivity contribution in [2.75, 3.05) is 0 Å². The van der Waals surface area contributed by atoms with Crippen LogP contribution in [0.4, 0.5) is 0 Å². The molecule has 1 heterocycles. The highest BCUT2D eigenvalue weighted by Gasteiger charge is 2.45. The van der Waals surface area contributed by atoms with Crippen LogP contribution in [0.1, 0.15) is 34.1 Å². The number of hydrogen-bond donors (Lipinski definition) is 1. The van der Waals surface area contributed by atoms with Crippen molar-refractivity contribution >= 4 is 11.9 Å². The van der Waals surface area contributed by atoms with Crippen molar-refractivity contribution < 1.29 is 14.3 Å². The molecule has 1 aliphatic rings. The Bertz CT molecular complexity index is 263. The Hall–Kier alpha value is -0.900. The SMILES string of the molecule is CCC(C)NC1C(=O)OC(=O)C1C(C)C. The summed E-state index contributed by atoms with van der Waals surface area (Å²) in [6.45, 7) is 7.88. The standard InChI is InChI=1S/C11H19NO3/c1-5-7(4)12-9-8(6(2)3)10(13)15-11(9)14/h6-9,12H,5H2,1-4H3. The number of esters is 2. The molecule has 1 aliphatic heterocycles. The first kappa shape index (κ1) is 12.2. The molecule has 0 aromatic carbocycles. The van der Waals surface area contributed by atoms with E-state index < -0.39 is 18.0 Å². The van der Waals surface area contributed by atoms with Crippen LogP contribution >= 0.6 is 0 Å². The van der Waals surface area contributed by atoms with E-state index in [-0.39, 0.29) is 17.9 Å². The minimum Gasteiger partial charge on any atom is -0.392 e. The van der Waals surface area contributed by atoms with Crippen LogP contribution in [0.25, 0.3) is 0 Å². The van der Waals surface area contributed by atoms with E-state index in [0.717, 1.165) is 6.42 Å². The topological polar surface area (TPSA) is 55.4 Å². The van der Waals surface area contributed by atoms with Gasteiger partial charge in [-0.2, -0.15) is 0 Å². The quantitative estimate of drug-likeness (QED) is 0.561. The fraction of sp³-hybridized carbons (Fsp3) is 0.818. The molecule has 1 N–H and O–H groups in total. The molecule has 1 fully saturated rings. The van der Waals surface area contributed by atoms with Gasteiger partial charge in [0.2, 0.25) is 0 Å². The van der Waals surface area contributed by atoms with Gasteiger partial charge in [0, 0.05) is 6.04 Å². The fourth-order valence-corrected chi connectivity index (χ4v) is 1.77. The molecule has 3 unspecified atom stereocenters. The van der Waals surface area contributed by atoms with Crippen molar-refractivity contribution in [3.05, 3.63) is 0 Å². The number of ether oxygens (including phenoxy) is 1. The highest BCUT2D eigenvalue weighted by atomic mass is 16.6. The van der Waals surface area contributed by atoms with Gasteiger partial charge in [0.05, 0.1) is 5.92 Å². The van der Waals surface area contributed by atoms with E-state index in [1.165, 1.54) is 0 Å². The molecule has 3 atom stereocenters. The lowest BCUT2D eigenvalue weighted by Crippen LogP contribution is -2.45. The number of hydrogen-bond acceptors (Lipinski definition) is 4. The van der Waals surface area contributed by atoms with Crippen LogP contribution in [0, 0.1) is 11.8 Å². The first-order chi connectivity index (χ1) is 6.97. The lowest BCUT2D eigenvalue weighted by molar-refractivity contribution is -0.153. The second-order valence-electron chi connectivity index (χ2n) is 4.46. The summed E-state index contributed by atoms with van der Waals surface area (Å²) in [5.74, 6) is -1.05. The van der Waals surface area contributed by atoms with Gasteiger partial charge in [0.25, 0.3) is 0 Å². The fourth-order valence-electron chi connectivity index (χ4n) is 1.77. The molecule has 15 heavy (non-hydrogen) atoms. The zero-order chi connectivity index (χ0) is 11.6. The molecular weight excluding hydrogens is 194 g/mol. The normalized spacial score (nSPS) is 28.3. The summed E-state index contributed by atoms with van der Waals surface area (Å²) in [4.78, 5) is 22.9. The molecule has 0 bridgehead atoms. The van der Waals surface area contributed by atoms with Gasteiger partial charge in [-0.25, -0.2) is 4.79 Å². The molecule has 0 radical (unpaired) electrons. The lowest BCUT2D eigenvalue weighted by atomic mass is 9.90. The largest absolute Gasteiger partial charge is 0.392 e. The maximum atomic E-state index is 11.4. The molecule has 0 aromatic rings. The summed E-state index contributed by atoms with van der Waals surface area (Å²) in [6.07, 6.45) is 0.919. The molecule has 0 aromatic heterocycles. The molecule has 1 saturated heterocycles. The zero-order valence-electron chi connectivity index (χ0n) is 9.74. The highest BCUT2D eigenvalue weighted by molar-refractivity contribution is 5.98. The molecular formula is C11H19NO3. The van der Waals surface area contributed by atoms with Crippen LogP contribution in [-0.4, -0.2) is 24.0 Å². The minimum absolute atomic E-state index is 0.116. The Kier molecular flexibility index (Phi) is 3.85. The number of rotatable bonds is 4. The Balaban J connectivity index is 2.74. The maximum absolute atomic E-state index is 11.4. The van der Waals surface area contributed by atoms with Crippen molar-refractivity contribution in [3.63, 3.8) is 0 Å². The van der Waals surface area contributed by atoms with E-state index in [9.17, 15) is 9.59 Å². The summed E-state index contributed by atoms with van der Waals surface area (Å²) in [7, 11) is 0. The summed E-state index contributed by atoms with van der Waals surface area (Å²) < 4.78 is 4.65. The van der Waals surface area contributed by atoms with E-state index in [1.807, 2.05) is 27.7 Å². The number of carbonyl (C=O) groups is 2. The van der Waals surface area contributed by atoms with E-state index in [4.69, 9.17) is 0 Å². The monoisotopic (exact) mass is 213 g/mol. The molecule has 86 valence electrons. The van der Waals surface area contributed by atoms with Gasteiger partial charge in [-0.05, 0) is 19.3 Å². The van der Waals surface area contributed by atoms with Crippen LogP contribution in [0.5, 0.6) is 0 Å². The predicted molar refractivity (Wildman–Crippen MR) is 56.1 cm³/mol. The lowest BCUT2D eigenvalue weighted by Gasteiger charge is -2.21. The Morgan fingerprint density at radius 2 is 1.87 bits per heavy atom. The van der Waals surface area contributed by atoms with Crippen molar-refractivity contribution in [1.29, 1.82) is 0 Å². The summed E-state index contributed by atoms with van der Waals surface area (Å²) in [6, 6.07) is -0.248. The van der Waals surface area contributed by atoms with Crippen molar-refractivity contribution in [2.45, 2.75) is 46.2 Å². The summed E-state index contributed by atoms with van der Waals surface area (Å²) in [5.41, 5.74) is 0. The molecule has 0 spiro atoms. The second-order valence-corrected chi connectivity index (χ2v) is 4.46. The minimum atomic E-state index is -0.465. The summed E-state index contributed by atoms with van der Waals surface area (Å²) in [5, 5.41) is 3.14. The van der Waals surface area contributed by atoms with Gasteiger partial charge in [-0.1, -0.05) is 20.8 Å². The van der Waals surface area contributed by atoms with Gasteiger partial charge < -0.3 is 10.1 Å². The molecule has 0 aliphatic carbocycles. The van der Waals surface area contributed by atoms with Gasteiger partial charge >= 0.3 is 11.9 Å². The molecule has 4 nitrogen and oxygen atoms in total. The van der Waals surface area contributed by atoms with Crippen LogP contribution in [0.3, 0.4) is 0 Å². The predicted octanol–water partition coefficient (Wildman–Crippen LogP) is 1.10. The first-order valence-corrected chi connectivity index (χ1v) is 5.49. The van der Waals surface area contributed by atoms with Crippen LogP contribution in [0.15, 0.2) is 0 Å². The van der Waals surface area contributed by atoms with E-state index in [0.29, 0.717) is 0 Å². The van der Waals surface area contributed by atoms with Crippen LogP contribution < -0.4 is 5.32 Å². The maximum Gasteiger partial charge on any atom is 0.331 e. The number of cyclic esters (lactones) is 2. The van der Waals surface area contributed by atoms with Crippen molar-refractivity contribution in [1.82, 2.24) is 5.32 Å². The van der Waals surface area contributed by atoms with Gasteiger partial charge in [0.1, 0.15) is 6.04 Å². The molecule has 4 heteroatoms. The van der Waals surface area contributed by atoms with Gasteiger partial charge in [-0.15, -0.1) is 0 Å². The van der Waals surface area contributed by atoms with Crippen LogP contribution in [-0.2, 0) is 14.3 Å². The van der Waals surface area contributed by atoms with E-state index in [2.05, 4.69) is 10.1 Å². The number of carbonyl (C=O) groups excluding carboxylic acids is 2. The number of nitrogens with one attached hydrogen (secondary N) is 1. The molecule has 0 saturated carbocycles. The molecule has 0 amide bonds. The Labute approximate surface area is 90.4 Å². The van der Waals surface area contributed by atoms with E-state index >= 15 is 0 Å². The third kappa shape index (κ3) is 2.56. The smallest absolute Gasteiger partial charge is 0.331 e. The van der Waals surface area contributed by atoms with Crippen molar-refractivity contribution in [2.24, 2.45) is 11.8 Å². The average Bonchev–Trinajstić information content (AvgIpc) is 2.41. The third-order valence-corrected chi connectivity index (χ3v) is 2.88. The first-order valence-electron chi connectivity index (χ1n) is 5.49. The third-order valence-electron chi connectivity index (χ3n) is 2.88. The van der Waals surface area contributed by atoms with Crippen LogP contribution in [0.2, 0.25) is 0 Å². The van der Waals surface area contributed by atoms with E-state index in [1.54, 1.807) is 0 Å². The average molecular weight is 213 g/mol. The molecule has 1 rings (SSSR count). The Morgan fingerprint density at radius 3 is 2.33 bits per heavy atom. The summed E-state index contributed by atoms with van der Waals surface area (Å²) >= 11 is 0. The second kappa shape index (κ2) is 4.75. The van der Waals surface area contributed by atoms with Crippen molar-refractivity contribution in [3.8, 4) is 0 Å². The zero-order valence-corrected chi connectivity index (χ0v) is 9.74.